The fourth-order valence-corrected chi connectivity index (χ4v) is 2.59. The van der Waals surface area contributed by atoms with Crippen LogP contribution in [-0.4, -0.2) is 56.7 Å². The van der Waals surface area contributed by atoms with Gasteiger partial charge in [0.2, 0.25) is 5.91 Å². The molecule has 0 saturated carbocycles. The van der Waals surface area contributed by atoms with Crippen molar-refractivity contribution in [3.8, 4) is 0 Å². The number of hydrogen-bond acceptors (Lipinski definition) is 3. The molecule has 1 aliphatic heterocycles. The van der Waals surface area contributed by atoms with E-state index in [1.807, 2.05) is 0 Å². The van der Waals surface area contributed by atoms with E-state index in [4.69, 9.17) is 10.5 Å². The summed E-state index contributed by atoms with van der Waals surface area (Å²) in [4.78, 5) is 17.6. The quantitative estimate of drug-likeness (QED) is 0.414. The molecule has 1 unspecified atom stereocenters. The fourth-order valence-electron chi connectivity index (χ4n) is 2.59. The molecule has 0 spiro atoms. The number of carbonyl (C=O) groups is 1. The smallest absolute Gasteiger partial charge is 0.217 e. The summed E-state index contributed by atoms with van der Waals surface area (Å²) >= 11 is 0. The minimum atomic E-state index is -0.216. The first-order valence-corrected chi connectivity index (χ1v) is 7.84. The van der Waals surface area contributed by atoms with Gasteiger partial charge in [-0.1, -0.05) is 13.8 Å². The van der Waals surface area contributed by atoms with Crippen LogP contribution in [0.2, 0.25) is 0 Å². The van der Waals surface area contributed by atoms with E-state index < -0.39 is 0 Å². The minimum absolute atomic E-state index is 0.216. The molecule has 6 nitrogen and oxygen atoms in total. The van der Waals surface area contributed by atoms with Gasteiger partial charge in [0.05, 0.1) is 6.61 Å². The Labute approximate surface area is 128 Å². The highest BCUT2D eigenvalue weighted by Gasteiger charge is 2.23. The van der Waals surface area contributed by atoms with E-state index in [2.05, 4.69) is 29.1 Å². The SMILES string of the molecule is CN=C(NCCOCC(C)C)N1CCCC(CC(N)=O)C1. The molecule has 1 heterocycles. The molecule has 0 bridgehead atoms. The molecule has 0 aromatic rings. The summed E-state index contributed by atoms with van der Waals surface area (Å²) < 4.78 is 5.55. The van der Waals surface area contributed by atoms with E-state index in [1.165, 1.54) is 0 Å². The van der Waals surface area contributed by atoms with Gasteiger partial charge in [-0.2, -0.15) is 0 Å². The van der Waals surface area contributed by atoms with Crippen molar-refractivity contribution in [2.75, 3.05) is 39.9 Å². The normalized spacial score (nSPS) is 19.9. The summed E-state index contributed by atoms with van der Waals surface area (Å²) in [6.07, 6.45) is 2.60. The number of piperidine rings is 1. The lowest BCUT2D eigenvalue weighted by Crippen LogP contribution is -2.47. The molecule has 0 aromatic carbocycles. The number of rotatable bonds is 7. The van der Waals surface area contributed by atoms with E-state index in [9.17, 15) is 4.79 Å². The predicted octanol–water partition coefficient (Wildman–Crippen LogP) is 0.822. The molecule has 1 aliphatic rings. The van der Waals surface area contributed by atoms with Gasteiger partial charge in [-0.25, -0.2) is 0 Å². The molecule has 0 aromatic heterocycles. The maximum atomic E-state index is 11.1. The highest BCUT2D eigenvalue weighted by atomic mass is 16.5. The first-order chi connectivity index (χ1) is 10.0. The zero-order valence-electron chi connectivity index (χ0n) is 13.6. The molecule has 1 fully saturated rings. The Morgan fingerprint density at radius 2 is 2.29 bits per heavy atom. The number of carbonyl (C=O) groups excluding carboxylic acids is 1. The van der Waals surface area contributed by atoms with Crippen LogP contribution in [-0.2, 0) is 9.53 Å². The van der Waals surface area contributed by atoms with Gasteiger partial charge < -0.3 is 20.7 Å². The van der Waals surface area contributed by atoms with Gasteiger partial charge >= 0.3 is 0 Å². The number of hydrogen-bond donors (Lipinski definition) is 2. The fraction of sp³-hybridized carbons (Fsp3) is 0.867. The van der Waals surface area contributed by atoms with Gasteiger partial charge in [0.1, 0.15) is 0 Å². The van der Waals surface area contributed by atoms with Crippen LogP contribution in [0, 0.1) is 11.8 Å². The van der Waals surface area contributed by atoms with Crippen molar-refractivity contribution in [2.24, 2.45) is 22.6 Å². The standard InChI is InChI=1S/C15H30N4O2/c1-12(2)11-21-8-6-18-15(17-3)19-7-4-5-13(10-19)9-14(16)20/h12-13H,4-11H2,1-3H3,(H2,16,20)(H,17,18). The van der Waals surface area contributed by atoms with Crippen molar-refractivity contribution < 1.29 is 9.53 Å². The molecular formula is C15H30N4O2. The highest BCUT2D eigenvalue weighted by Crippen LogP contribution is 2.19. The molecule has 0 aliphatic carbocycles. The Morgan fingerprint density at radius 3 is 2.90 bits per heavy atom. The number of nitrogens with two attached hydrogens (primary N) is 1. The Balaban J connectivity index is 2.32. The molecule has 1 amide bonds. The van der Waals surface area contributed by atoms with Gasteiger partial charge in [0, 0.05) is 39.7 Å². The van der Waals surface area contributed by atoms with Crippen LogP contribution < -0.4 is 11.1 Å². The molecule has 1 atom stereocenters. The monoisotopic (exact) mass is 298 g/mol. The van der Waals surface area contributed by atoms with Crippen LogP contribution in [0.4, 0.5) is 0 Å². The maximum Gasteiger partial charge on any atom is 0.217 e. The van der Waals surface area contributed by atoms with Crippen molar-refractivity contribution in [3.63, 3.8) is 0 Å². The number of guanidine groups is 1. The molecule has 1 saturated heterocycles. The van der Waals surface area contributed by atoms with Crippen LogP contribution in [0.1, 0.15) is 33.1 Å². The van der Waals surface area contributed by atoms with Gasteiger partial charge in [-0.05, 0) is 24.7 Å². The Morgan fingerprint density at radius 1 is 1.52 bits per heavy atom. The van der Waals surface area contributed by atoms with Crippen LogP contribution in [0.25, 0.3) is 0 Å². The van der Waals surface area contributed by atoms with E-state index in [-0.39, 0.29) is 5.91 Å². The predicted molar refractivity (Wildman–Crippen MR) is 85.1 cm³/mol. The van der Waals surface area contributed by atoms with Crippen molar-refractivity contribution in [1.29, 1.82) is 0 Å². The average molecular weight is 298 g/mol. The third kappa shape index (κ3) is 7.32. The lowest BCUT2D eigenvalue weighted by atomic mass is 9.95. The minimum Gasteiger partial charge on any atom is -0.379 e. The van der Waals surface area contributed by atoms with E-state index in [0.29, 0.717) is 24.9 Å². The van der Waals surface area contributed by atoms with Crippen molar-refractivity contribution in [2.45, 2.75) is 33.1 Å². The summed E-state index contributed by atoms with van der Waals surface area (Å²) in [6.45, 7) is 8.30. The zero-order valence-corrected chi connectivity index (χ0v) is 13.6. The van der Waals surface area contributed by atoms with Crippen LogP contribution in [0.3, 0.4) is 0 Å². The van der Waals surface area contributed by atoms with E-state index in [1.54, 1.807) is 7.05 Å². The molecule has 6 heteroatoms. The van der Waals surface area contributed by atoms with E-state index >= 15 is 0 Å². The average Bonchev–Trinajstić information content (AvgIpc) is 2.42. The first kappa shape index (κ1) is 17.8. The first-order valence-electron chi connectivity index (χ1n) is 7.84. The summed E-state index contributed by atoms with van der Waals surface area (Å²) in [6, 6.07) is 0. The molecule has 122 valence electrons. The lowest BCUT2D eigenvalue weighted by molar-refractivity contribution is -0.119. The van der Waals surface area contributed by atoms with Gasteiger partial charge in [0.25, 0.3) is 0 Å². The molecule has 0 radical (unpaired) electrons. The largest absolute Gasteiger partial charge is 0.379 e. The van der Waals surface area contributed by atoms with Gasteiger partial charge in [-0.15, -0.1) is 0 Å². The number of nitrogens with zero attached hydrogens (tertiary/aromatic N) is 2. The molecular weight excluding hydrogens is 268 g/mol. The Hall–Kier alpha value is -1.30. The van der Waals surface area contributed by atoms with Crippen molar-refractivity contribution >= 4 is 11.9 Å². The summed E-state index contributed by atoms with van der Waals surface area (Å²) in [5.74, 6) is 1.57. The Bertz CT molecular complexity index is 345. The third-order valence-electron chi connectivity index (χ3n) is 3.50. The Kier molecular flexibility index (Phi) is 8.12. The van der Waals surface area contributed by atoms with Crippen LogP contribution >= 0.6 is 0 Å². The molecule has 3 N–H and O–H groups in total. The second-order valence-electron chi connectivity index (χ2n) is 6.07. The third-order valence-corrected chi connectivity index (χ3v) is 3.50. The van der Waals surface area contributed by atoms with Crippen molar-refractivity contribution in [3.05, 3.63) is 0 Å². The van der Waals surface area contributed by atoms with Crippen molar-refractivity contribution in [1.82, 2.24) is 10.2 Å². The number of aliphatic imine (C=N–C) groups is 1. The zero-order chi connectivity index (χ0) is 15.7. The second-order valence-corrected chi connectivity index (χ2v) is 6.07. The number of amides is 1. The number of ether oxygens (including phenoxy) is 1. The maximum absolute atomic E-state index is 11.1. The number of nitrogens with one attached hydrogen (secondary N) is 1. The summed E-state index contributed by atoms with van der Waals surface area (Å²) in [7, 11) is 1.79. The molecule has 21 heavy (non-hydrogen) atoms. The van der Waals surface area contributed by atoms with Crippen LogP contribution in [0.5, 0.6) is 0 Å². The van der Waals surface area contributed by atoms with E-state index in [0.717, 1.165) is 45.0 Å². The van der Waals surface area contributed by atoms with Crippen LogP contribution in [0.15, 0.2) is 4.99 Å². The lowest BCUT2D eigenvalue weighted by Gasteiger charge is -2.34. The summed E-state index contributed by atoms with van der Waals surface area (Å²) in [5, 5.41) is 3.32. The highest BCUT2D eigenvalue weighted by molar-refractivity contribution is 5.80. The second kappa shape index (κ2) is 9.60. The van der Waals surface area contributed by atoms with Gasteiger partial charge in [-0.3, -0.25) is 9.79 Å². The summed E-state index contributed by atoms with van der Waals surface area (Å²) in [5.41, 5.74) is 5.30. The number of likely N-dealkylation sites (tertiary alicyclic amines) is 1. The molecule has 1 rings (SSSR count). The topological polar surface area (TPSA) is 80.0 Å². The van der Waals surface area contributed by atoms with Gasteiger partial charge in [0.15, 0.2) is 5.96 Å². The number of primary amides is 1.